The molecule has 0 aliphatic heterocycles. The monoisotopic (exact) mass is 209 g/mol. The molecule has 15 heavy (non-hydrogen) atoms. The molecule has 0 saturated heterocycles. The summed E-state index contributed by atoms with van der Waals surface area (Å²) in [7, 11) is 0. The molecule has 2 aromatic rings. The normalized spacial score (nSPS) is 7.80. The first-order valence-electron chi connectivity index (χ1n) is 5.18. The van der Waals surface area contributed by atoms with Crippen molar-refractivity contribution in [3.63, 3.8) is 0 Å². The minimum atomic E-state index is 0. The van der Waals surface area contributed by atoms with Gasteiger partial charge in [0.1, 0.15) is 5.52 Å². The lowest BCUT2D eigenvalue weighted by molar-refractivity contribution is 0.561. The maximum absolute atomic E-state index is 5.26. The number of aryl methyl sites for hydroxylation is 1. The van der Waals surface area contributed by atoms with E-state index in [1.54, 1.807) is 0 Å². The molecule has 0 N–H and O–H groups in total. The molecule has 0 spiro atoms. The summed E-state index contributed by atoms with van der Waals surface area (Å²) in [5.74, 6) is 0.723. The fourth-order valence-corrected chi connectivity index (χ4v) is 0.987. The number of benzene rings is 1. The van der Waals surface area contributed by atoms with Crippen molar-refractivity contribution in [2.24, 2.45) is 0 Å². The van der Waals surface area contributed by atoms with Gasteiger partial charge in [0, 0.05) is 6.92 Å². The largest absolute Gasteiger partial charge is 0.441 e. The minimum Gasteiger partial charge on any atom is -0.441 e. The van der Waals surface area contributed by atoms with E-state index >= 15 is 0 Å². The number of fused-ring (bicyclic) bond motifs is 1. The predicted molar refractivity (Wildman–Crippen MR) is 68.2 cm³/mol. The van der Waals surface area contributed by atoms with Gasteiger partial charge in [-0.25, -0.2) is 4.98 Å². The summed E-state index contributed by atoms with van der Waals surface area (Å²) in [6, 6.07) is 7.73. The topological polar surface area (TPSA) is 26.0 Å². The molecule has 0 radical (unpaired) electrons. The Morgan fingerprint density at radius 2 is 1.53 bits per heavy atom. The van der Waals surface area contributed by atoms with E-state index in [0.29, 0.717) is 0 Å². The van der Waals surface area contributed by atoms with E-state index in [4.69, 9.17) is 4.42 Å². The van der Waals surface area contributed by atoms with E-state index in [-0.39, 0.29) is 7.43 Å². The Morgan fingerprint density at radius 3 is 2.07 bits per heavy atom. The van der Waals surface area contributed by atoms with Crippen LogP contribution in [0.3, 0.4) is 0 Å². The maximum atomic E-state index is 5.26. The molecule has 0 fully saturated rings. The molecule has 0 saturated carbocycles. The van der Waals surface area contributed by atoms with Crippen LogP contribution in [0.25, 0.3) is 11.1 Å². The number of hydrogen-bond acceptors (Lipinski definition) is 2. The van der Waals surface area contributed by atoms with Gasteiger partial charge in [0.05, 0.1) is 0 Å². The molecule has 1 heterocycles. The summed E-state index contributed by atoms with van der Waals surface area (Å²) in [5.41, 5.74) is 1.79. The Hall–Kier alpha value is -1.31. The summed E-state index contributed by atoms with van der Waals surface area (Å²) in [4.78, 5) is 4.15. The van der Waals surface area contributed by atoms with Gasteiger partial charge in [-0.2, -0.15) is 0 Å². The first kappa shape index (κ1) is 16.1. The van der Waals surface area contributed by atoms with Gasteiger partial charge >= 0.3 is 0 Å². The molecule has 0 bridgehead atoms. The van der Waals surface area contributed by atoms with E-state index < -0.39 is 0 Å². The zero-order valence-corrected chi connectivity index (χ0v) is 9.66. The SMILES string of the molecule is C.CC.CC.Cc1nc2ccccc2o1. The van der Waals surface area contributed by atoms with Gasteiger partial charge in [-0.05, 0) is 12.1 Å². The average molecular weight is 209 g/mol. The lowest BCUT2D eigenvalue weighted by Crippen LogP contribution is -1.65. The van der Waals surface area contributed by atoms with Crippen LogP contribution >= 0.6 is 0 Å². The number of rotatable bonds is 0. The minimum absolute atomic E-state index is 0. The Balaban J connectivity index is 0. The van der Waals surface area contributed by atoms with Gasteiger partial charge in [0.2, 0.25) is 0 Å². The fraction of sp³-hybridized carbons (Fsp3) is 0.462. The summed E-state index contributed by atoms with van der Waals surface area (Å²) >= 11 is 0. The number of aromatic nitrogens is 1. The lowest BCUT2D eigenvalue weighted by Gasteiger charge is -1.79. The fourth-order valence-electron chi connectivity index (χ4n) is 0.987. The van der Waals surface area contributed by atoms with E-state index in [9.17, 15) is 0 Å². The standard InChI is InChI=1S/C8H7NO.2C2H6.CH4/c1-6-9-7-4-2-3-5-8(7)10-6;2*1-2;/h2-5H,1H3;2*1-2H3;1H4. The lowest BCUT2D eigenvalue weighted by atomic mass is 10.3. The highest BCUT2D eigenvalue weighted by atomic mass is 16.3. The van der Waals surface area contributed by atoms with Crippen LogP contribution in [0.2, 0.25) is 0 Å². The third kappa shape index (κ3) is 4.63. The molecule has 0 aliphatic rings. The zero-order valence-electron chi connectivity index (χ0n) is 9.66. The molecule has 86 valence electrons. The summed E-state index contributed by atoms with van der Waals surface area (Å²) < 4.78 is 5.26. The van der Waals surface area contributed by atoms with Crippen LogP contribution in [0.5, 0.6) is 0 Å². The van der Waals surface area contributed by atoms with Crippen LogP contribution in [-0.4, -0.2) is 4.98 Å². The van der Waals surface area contributed by atoms with Crippen molar-refractivity contribution < 1.29 is 4.42 Å². The van der Waals surface area contributed by atoms with Crippen LogP contribution in [0.4, 0.5) is 0 Å². The summed E-state index contributed by atoms with van der Waals surface area (Å²) in [5, 5.41) is 0. The number of nitrogens with zero attached hydrogens (tertiary/aromatic N) is 1. The predicted octanol–water partition coefficient (Wildman–Crippen LogP) is 4.82. The third-order valence-electron chi connectivity index (χ3n) is 1.40. The molecule has 0 atom stereocenters. The van der Waals surface area contributed by atoms with Crippen molar-refractivity contribution in [2.45, 2.75) is 42.0 Å². The maximum Gasteiger partial charge on any atom is 0.192 e. The Kier molecular flexibility index (Phi) is 9.95. The van der Waals surface area contributed by atoms with Gasteiger partial charge in [0.25, 0.3) is 0 Å². The highest BCUT2D eigenvalue weighted by molar-refractivity contribution is 5.71. The van der Waals surface area contributed by atoms with Crippen LogP contribution in [0.15, 0.2) is 28.7 Å². The highest BCUT2D eigenvalue weighted by Gasteiger charge is 1.97. The van der Waals surface area contributed by atoms with Crippen molar-refractivity contribution >= 4 is 11.1 Å². The van der Waals surface area contributed by atoms with Gasteiger partial charge < -0.3 is 4.42 Å². The molecule has 2 nitrogen and oxygen atoms in total. The van der Waals surface area contributed by atoms with Crippen molar-refractivity contribution in [3.05, 3.63) is 30.2 Å². The summed E-state index contributed by atoms with van der Waals surface area (Å²) in [6.45, 7) is 9.85. The van der Waals surface area contributed by atoms with Crippen LogP contribution in [0.1, 0.15) is 41.0 Å². The zero-order chi connectivity index (χ0) is 11.0. The molecule has 2 heteroatoms. The Bertz CT molecular complexity index is 319. The Labute approximate surface area is 93.3 Å². The Morgan fingerprint density at radius 1 is 1.00 bits per heavy atom. The second-order valence-electron chi connectivity index (χ2n) is 2.20. The molecular weight excluding hydrogens is 186 g/mol. The van der Waals surface area contributed by atoms with E-state index in [0.717, 1.165) is 17.0 Å². The first-order valence-corrected chi connectivity index (χ1v) is 5.18. The number of hydrogen-bond donors (Lipinski definition) is 0. The molecule has 0 amide bonds. The molecule has 1 aromatic heterocycles. The number of para-hydroxylation sites is 2. The van der Waals surface area contributed by atoms with Crippen LogP contribution in [0, 0.1) is 6.92 Å². The van der Waals surface area contributed by atoms with Gasteiger partial charge in [-0.3, -0.25) is 0 Å². The molecule has 2 rings (SSSR count). The van der Waals surface area contributed by atoms with Gasteiger partial charge in [-0.15, -0.1) is 0 Å². The van der Waals surface area contributed by atoms with Gasteiger partial charge in [0.15, 0.2) is 11.5 Å². The van der Waals surface area contributed by atoms with Crippen molar-refractivity contribution in [2.75, 3.05) is 0 Å². The smallest absolute Gasteiger partial charge is 0.192 e. The van der Waals surface area contributed by atoms with Crippen molar-refractivity contribution in [1.29, 1.82) is 0 Å². The average Bonchev–Trinajstić information content (AvgIpc) is 2.64. The summed E-state index contributed by atoms with van der Waals surface area (Å²) in [6.07, 6.45) is 0. The second-order valence-corrected chi connectivity index (χ2v) is 2.20. The van der Waals surface area contributed by atoms with Crippen LogP contribution < -0.4 is 0 Å². The quantitative estimate of drug-likeness (QED) is 0.621. The molecule has 0 aliphatic carbocycles. The van der Waals surface area contributed by atoms with Crippen molar-refractivity contribution in [3.8, 4) is 0 Å². The van der Waals surface area contributed by atoms with Crippen LogP contribution in [-0.2, 0) is 0 Å². The molecule has 0 unspecified atom stereocenters. The van der Waals surface area contributed by atoms with E-state index in [1.807, 2.05) is 58.9 Å². The first-order chi connectivity index (χ1) is 6.86. The van der Waals surface area contributed by atoms with Crippen molar-refractivity contribution in [1.82, 2.24) is 4.98 Å². The highest BCUT2D eigenvalue weighted by Crippen LogP contribution is 2.12. The molecular formula is C13H23NO. The number of oxazole rings is 1. The van der Waals surface area contributed by atoms with Gasteiger partial charge in [-0.1, -0.05) is 47.3 Å². The molecule has 1 aromatic carbocycles. The van der Waals surface area contributed by atoms with E-state index in [2.05, 4.69) is 4.98 Å². The van der Waals surface area contributed by atoms with E-state index in [1.165, 1.54) is 0 Å². The third-order valence-corrected chi connectivity index (χ3v) is 1.40. The second kappa shape index (κ2) is 9.25.